The molecule has 2 fully saturated rings. The van der Waals surface area contributed by atoms with Crippen molar-refractivity contribution in [1.82, 2.24) is 28.9 Å². The minimum Gasteiger partial charge on any atom is -0.497 e. The smallest absolute Gasteiger partial charge is 0.264 e. The number of rotatable bonds is 10. The number of likely N-dealkylation sites (N-methyl/N-ethyl adjacent to an activating group) is 2. The average molecular weight is 769 g/mol. The van der Waals surface area contributed by atoms with Crippen LogP contribution in [0, 0.1) is 0 Å². The number of fused-ring (bicyclic) bond motifs is 5. The number of benzene rings is 2. The van der Waals surface area contributed by atoms with Crippen LogP contribution in [0.4, 0.5) is 0 Å². The van der Waals surface area contributed by atoms with Gasteiger partial charge in [0.2, 0.25) is 10.0 Å². The highest BCUT2D eigenvalue weighted by Gasteiger charge is 2.34. The molecule has 0 bridgehead atoms. The topological polar surface area (TPSA) is 119 Å². The number of likely N-dealkylation sites (tertiary alicyclic amines) is 1. The van der Waals surface area contributed by atoms with Crippen molar-refractivity contribution < 1.29 is 22.7 Å². The lowest BCUT2D eigenvalue weighted by atomic mass is 9.81. The van der Waals surface area contributed by atoms with E-state index in [1.165, 1.54) is 12.0 Å². The largest absolute Gasteiger partial charge is 0.497 e. The Bertz CT molecular complexity index is 2260. The number of hydrogen-bond donors (Lipinski definition) is 1. The van der Waals surface area contributed by atoms with Crippen molar-refractivity contribution in [3.05, 3.63) is 70.5 Å². The molecule has 4 heterocycles. The fourth-order valence-corrected chi connectivity index (χ4v) is 9.50. The van der Waals surface area contributed by atoms with Crippen LogP contribution in [0.5, 0.6) is 5.75 Å². The first kappa shape index (κ1) is 38.8. The maximum atomic E-state index is 14.5. The van der Waals surface area contributed by atoms with Crippen LogP contribution in [0.15, 0.2) is 42.6 Å². The Kier molecular flexibility index (Phi) is 10.8. The molecule has 1 N–H and O–H groups in total. The molecule has 2 atom stereocenters. The Morgan fingerprint density at radius 2 is 1.75 bits per heavy atom. The molecular weight excluding hydrogens is 713 g/mol. The Morgan fingerprint density at radius 3 is 2.40 bits per heavy atom. The SMILES string of the molecule is COc1ccc2c(c1)C=C(c1c(C(=O)N(C)CC3CCC(C)N3C)cnn1C(C)C)Cn1c-2c(C2CCCCC2)c2ccc(C(=O)NS(=O)(=O)C(C)C)cc21. The minimum atomic E-state index is -3.84. The first-order valence-electron chi connectivity index (χ1n) is 19.9. The molecule has 55 heavy (non-hydrogen) atoms. The van der Waals surface area contributed by atoms with Gasteiger partial charge < -0.3 is 14.2 Å². The zero-order valence-electron chi connectivity index (χ0n) is 33.6. The maximum Gasteiger partial charge on any atom is 0.264 e. The number of hydrogen-bond acceptors (Lipinski definition) is 7. The Morgan fingerprint density at radius 1 is 1.00 bits per heavy atom. The molecule has 7 rings (SSSR count). The van der Waals surface area contributed by atoms with Crippen LogP contribution in [0.3, 0.4) is 0 Å². The van der Waals surface area contributed by atoms with E-state index in [1.54, 1.807) is 33.2 Å². The third-order valence-corrected chi connectivity index (χ3v) is 14.0. The second-order valence-electron chi connectivity index (χ2n) is 16.4. The lowest BCUT2D eigenvalue weighted by Gasteiger charge is -2.28. The van der Waals surface area contributed by atoms with E-state index in [2.05, 4.69) is 60.2 Å². The summed E-state index contributed by atoms with van der Waals surface area (Å²) < 4.78 is 37.8. The molecule has 2 amide bonds. The molecule has 11 nitrogen and oxygen atoms in total. The summed E-state index contributed by atoms with van der Waals surface area (Å²) in [6.07, 6.45) is 11.7. The van der Waals surface area contributed by atoms with Gasteiger partial charge in [-0.15, -0.1) is 0 Å². The van der Waals surface area contributed by atoms with E-state index in [1.807, 2.05) is 34.8 Å². The van der Waals surface area contributed by atoms with Crippen LogP contribution in [0.25, 0.3) is 33.8 Å². The fourth-order valence-electron chi connectivity index (χ4n) is 8.89. The van der Waals surface area contributed by atoms with E-state index in [4.69, 9.17) is 9.84 Å². The molecule has 0 radical (unpaired) electrons. The van der Waals surface area contributed by atoms with Crippen molar-refractivity contribution in [1.29, 1.82) is 0 Å². The van der Waals surface area contributed by atoms with E-state index in [9.17, 15) is 18.0 Å². The molecule has 2 aliphatic heterocycles. The molecule has 2 aromatic heterocycles. The van der Waals surface area contributed by atoms with Gasteiger partial charge in [-0.25, -0.2) is 13.1 Å². The van der Waals surface area contributed by atoms with E-state index < -0.39 is 21.2 Å². The predicted molar refractivity (Wildman–Crippen MR) is 219 cm³/mol. The molecule has 3 aliphatic rings. The molecule has 0 spiro atoms. The molecule has 1 aliphatic carbocycles. The number of sulfonamides is 1. The van der Waals surface area contributed by atoms with Gasteiger partial charge >= 0.3 is 0 Å². The molecule has 1 saturated carbocycles. The van der Waals surface area contributed by atoms with Crippen LogP contribution in [0.1, 0.15) is 129 Å². The van der Waals surface area contributed by atoms with Crippen molar-refractivity contribution in [3.63, 3.8) is 0 Å². The second kappa shape index (κ2) is 15.3. The normalized spacial score (nSPS) is 19.3. The number of allylic oxidation sites excluding steroid dienone is 1. The molecule has 12 heteroatoms. The predicted octanol–water partition coefficient (Wildman–Crippen LogP) is 7.72. The summed E-state index contributed by atoms with van der Waals surface area (Å²) in [5.41, 5.74) is 7.68. The van der Waals surface area contributed by atoms with E-state index >= 15 is 0 Å². The number of methoxy groups -OCH3 is 1. The lowest BCUT2D eigenvalue weighted by Crippen LogP contribution is -2.41. The van der Waals surface area contributed by atoms with Crippen LogP contribution in [0.2, 0.25) is 0 Å². The minimum absolute atomic E-state index is 0.0329. The van der Waals surface area contributed by atoms with Gasteiger partial charge in [-0.2, -0.15) is 5.10 Å². The van der Waals surface area contributed by atoms with Crippen molar-refractivity contribution >= 4 is 44.4 Å². The number of amides is 2. The van der Waals surface area contributed by atoms with E-state index in [0.29, 0.717) is 30.6 Å². The Hall–Kier alpha value is -4.42. The Labute approximate surface area is 325 Å². The fraction of sp³-hybridized carbons (Fsp3) is 0.512. The summed E-state index contributed by atoms with van der Waals surface area (Å²) in [6.45, 7) is 10.5. The van der Waals surface area contributed by atoms with Gasteiger partial charge in [0, 0.05) is 53.7 Å². The summed E-state index contributed by atoms with van der Waals surface area (Å²) in [7, 11) is 1.86. The third-order valence-electron chi connectivity index (χ3n) is 12.2. The summed E-state index contributed by atoms with van der Waals surface area (Å²) in [4.78, 5) is 32.3. The number of nitrogens with one attached hydrogen (secondary N) is 1. The van der Waals surface area contributed by atoms with Gasteiger partial charge in [-0.05, 0) is 126 Å². The molecule has 2 unspecified atom stereocenters. The molecule has 4 aromatic rings. The van der Waals surface area contributed by atoms with E-state index in [-0.39, 0.29) is 23.6 Å². The lowest BCUT2D eigenvalue weighted by molar-refractivity contribution is 0.0753. The standard InChI is InChI=1S/C43H56N6O5S/c1-26(2)49-40(37(23-44-49)43(51)46(6)25-33-16-14-28(5)47(33)7)32-20-31-21-34(54-8)17-19-35(31)41-39(29-12-10-9-11-13-29)36-18-15-30(22-38(36)48(41)24-32)42(50)45-55(52,53)27(3)4/h15,17-23,26-29,33H,9-14,16,24-25H2,1-8H3,(H,45,50). The molecule has 2 aromatic carbocycles. The van der Waals surface area contributed by atoms with Crippen molar-refractivity contribution in [2.45, 2.75) is 115 Å². The molecular formula is C43H56N6O5S. The van der Waals surface area contributed by atoms with Crippen molar-refractivity contribution in [3.8, 4) is 17.0 Å². The van der Waals surface area contributed by atoms with Crippen LogP contribution in [-0.4, -0.2) is 89.5 Å². The highest BCUT2D eigenvalue weighted by Crippen LogP contribution is 2.48. The van der Waals surface area contributed by atoms with Gasteiger partial charge in [-0.1, -0.05) is 25.3 Å². The van der Waals surface area contributed by atoms with Gasteiger partial charge in [-0.3, -0.25) is 19.2 Å². The van der Waals surface area contributed by atoms with E-state index in [0.717, 1.165) is 83.3 Å². The number of carbonyl (C=O) groups is 2. The van der Waals surface area contributed by atoms with Gasteiger partial charge in [0.05, 0.1) is 42.1 Å². The second-order valence-corrected chi connectivity index (χ2v) is 18.7. The number of aromatic nitrogens is 3. The highest BCUT2D eigenvalue weighted by atomic mass is 32.2. The number of carbonyl (C=O) groups excluding carboxylic acids is 2. The first-order chi connectivity index (χ1) is 26.2. The summed E-state index contributed by atoms with van der Waals surface area (Å²) in [5, 5.41) is 5.13. The third kappa shape index (κ3) is 7.23. The summed E-state index contributed by atoms with van der Waals surface area (Å²) in [6, 6.07) is 12.5. The highest BCUT2D eigenvalue weighted by molar-refractivity contribution is 7.90. The Balaban J connectivity index is 1.42. The monoisotopic (exact) mass is 768 g/mol. The van der Waals surface area contributed by atoms with Gasteiger partial charge in [0.25, 0.3) is 11.8 Å². The van der Waals surface area contributed by atoms with Gasteiger partial charge in [0.15, 0.2) is 0 Å². The molecule has 294 valence electrons. The summed E-state index contributed by atoms with van der Waals surface area (Å²) >= 11 is 0. The van der Waals surface area contributed by atoms with Crippen molar-refractivity contribution in [2.75, 3.05) is 27.7 Å². The average Bonchev–Trinajstić information content (AvgIpc) is 3.81. The summed E-state index contributed by atoms with van der Waals surface area (Å²) in [5.74, 6) is 0.313. The van der Waals surface area contributed by atoms with Crippen LogP contribution in [-0.2, 0) is 16.6 Å². The van der Waals surface area contributed by atoms with Crippen LogP contribution >= 0.6 is 0 Å². The zero-order chi connectivity index (χ0) is 39.3. The number of ether oxygens (including phenoxy) is 1. The van der Waals surface area contributed by atoms with Gasteiger partial charge in [0.1, 0.15) is 5.75 Å². The molecule has 1 saturated heterocycles. The zero-order valence-corrected chi connectivity index (χ0v) is 34.4. The maximum absolute atomic E-state index is 14.5. The van der Waals surface area contributed by atoms with Crippen molar-refractivity contribution in [2.24, 2.45) is 0 Å². The first-order valence-corrected chi connectivity index (χ1v) is 21.4. The quantitative estimate of drug-likeness (QED) is 0.176. The number of nitrogens with zero attached hydrogens (tertiary/aromatic N) is 5. The van der Waals surface area contributed by atoms with Crippen LogP contribution < -0.4 is 9.46 Å².